The second-order valence-corrected chi connectivity index (χ2v) is 6.47. The van der Waals surface area contributed by atoms with E-state index >= 15 is 0 Å². The van der Waals surface area contributed by atoms with E-state index in [4.69, 9.17) is 9.84 Å². The number of thioether (sulfide) groups is 1. The van der Waals surface area contributed by atoms with Crippen LogP contribution >= 0.6 is 11.8 Å². The van der Waals surface area contributed by atoms with Gasteiger partial charge in [0.25, 0.3) is 0 Å². The SMILES string of the molecule is O=C(O)CC1CSCCN1C(=O)CCCOc1cccc(F)c1. The first-order valence-electron chi connectivity index (χ1n) is 7.53. The summed E-state index contributed by atoms with van der Waals surface area (Å²) >= 11 is 1.68. The van der Waals surface area contributed by atoms with E-state index in [1.54, 1.807) is 28.8 Å². The van der Waals surface area contributed by atoms with Gasteiger partial charge in [0.15, 0.2) is 0 Å². The largest absolute Gasteiger partial charge is 0.493 e. The van der Waals surface area contributed by atoms with Crippen LogP contribution in [0, 0.1) is 5.82 Å². The highest BCUT2D eigenvalue weighted by Gasteiger charge is 2.28. The number of carbonyl (C=O) groups is 2. The fraction of sp³-hybridized carbons (Fsp3) is 0.500. The minimum Gasteiger partial charge on any atom is -0.493 e. The molecule has 23 heavy (non-hydrogen) atoms. The lowest BCUT2D eigenvalue weighted by atomic mass is 10.1. The molecule has 1 heterocycles. The Morgan fingerprint density at radius 1 is 1.43 bits per heavy atom. The molecule has 7 heteroatoms. The number of hydrogen-bond donors (Lipinski definition) is 1. The molecule has 0 aliphatic carbocycles. The lowest BCUT2D eigenvalue weighted by Gasteiger charge is -2.34. The fourth-order valence-corrected chi connectivity index (χ4v) is 3.53. The molecule has 1 N–H and O–H groups in total. The average Bonchev–Trinajstić information content (AvgIpc) is 2.51. The van der Waals surface area contributed by atoms with Crippen LogP contribution in [0.25, 0.3) is 0 Å². The number of halogens is 1. The third kappa shape index (κ3) is 5.74. The Kier molecular flexibility index (Phi) is 6.70. The monoisotopic (exact) mass is 341 g/mol. The maximum atomic E-state index is 13.0. The molecule has 1 atom stereocenters. The summed E-state index contributed by atoms with van der Waals surface area (Å²) in [6, 6.07) is 5.63. The Balaban J connectivity index is 1.75. The molecular formula is C16H20FNO4S. The summed E-state index contributed by atoms with van der Waals surface area (Å²) in [7, 11) is 0. The van der Waals surface area contributed by atoms with Crippen molar-refractivity contribution in [2.45, 2.75) is 25.3 Å². The van der Waals surface area contributed by atoms with Gasteiger partial charge in [0.1, 0.15) is 11.6 Å². The van der Waals surface area contributed by atoms with E-state index in [0.717, 1.165) is 5.75 Å². The van der Waals surface area contributed by atoms with Crippen molar-refractivity contribution in [3.8, 4) is 5.75 Å². The van der Waals surface area contributed by atoms with Gasteiger partial charge in [-0.1, -0.05) is 6.07 Å². The van der Waals surface area contributed by atoms with E-state index < -0.39 is 5.97 Å². The first-order valence-corrected chi connectivity index (χ1v) is 8.69. The molecule has 0 bridgehead atoms. The van der Waals surface area contributed by atoms with E-state index in [-0.39, 0.29) is 24.2 Å². The first kappa shape index (κ1) is 17.6. The summed E-state index contributed by atoms with van der Waals surface area (Å²) in [5, 5.41) is 8.93. The molecule has 2 rings (SSSR count). The minimum atomic E-state index is -0.885. The smallest absolute Gasteiger partial charge is 0.305 e. The molecule has 0 radical (unpaired) electrons. The standard InChI is InChI=1S/C16H20FNO4S/c17-12-3-1-4-14(9-12)22-7-2-5-15(19)18-6-8-23-11-13(18)10-16(20)21/h1,3-4,9,13H,2,5-8,10-11H2,(H,20,21). The van der Waals surface area contributed by atoms with E-state index in [1.807, 2.05) is 0 Å². The van der Waals surface area contributed by atoms with E-state index in [1.165, 1.54) is 12.1 Å². The van der Waals surface area contributed by atoms with Gasteiger partial charge in [0.05, 0.1) is 19.1 Å². The summed E-state index contributed by atoms with van der Waals surface area (Å²) in [5.74, 6) is 0.653. The van der Waals surface area contributed by atoms with Gasteiger partial charge in [0, 0.05) is 30.5 Å². The zero-order valence-corrected chi connectivity index (χ0v) is 13.6. The van der Waals surface area contributed by atoms with Gasteiger partial charge in [-0.3, -0.25) is 9.59 Å². The summed E-state index contributed by atoms with van der Waals surface area (Å²) < 4.78 is 18.4. The van der Waals surface area contributed by atoms with E-state index in [9.17, 15) is 14.0 Å². The third-order valence-electron chi connectivity index (χ3n) is 3.56. The molecule has 0 aromatic heterocycles. The number of hydrogen-bond acceptors (Lipinski definition) is 4. The van der Waals surface area contributed by atoms with Crippen LogP contribution in [0.3, 0.4) is 0 Å². The molecule has 5 nitrogen and oxygen atoms in total. The van der Waals surface area contributed by atoms with Crippen LogP contribution < -0.4 is 4.74 Å². The average molecular weight is 341 g/mol. The normalized spacial score (nSPS) is 17.8. The molecule has 1 aliphatic rings. The molecule has 1 aromatic carbocycles. The van der Waals surface area contributed by atoms with E-state index in [2.05, 4.69) is 0 Å². The fourth-order valence-electron chi connectivity index (χ4n) is 2.47. The van der Waals surface area contributed by atoms with Gasteiger partial charge in [0.2, 0.25) is 5.91 Å². The number of carboxylic acid groups (broad SMARTS) is 1. The van der Waals surface area contributed by atoms with Crippen molar-refractivity contribution >= 4 is 23.6 Å². The zero-order valence-electron chi connectivity index (χ0n) is 12.7. The van der Waals surface area contributed by atoms with Crippen molar-refractivity contribution in [2.24, 2.45) is 0 Å². The first-order chi connectivity index (χ1) is 11.1. The van der Waals surface area contributed by atoms with Crippen molar-refractivity contribution in [1.82, 2.24) is 4.90 Å². The number of carboxylic acids is 1. The second-order valence-electron chi connectivity index (χ2n) is 5.32. The molecule has 1 amide bonds. The number of nitrogens with zero attached hydrogens (tertiary/aromatic N) is 1. The molecule has 1 aliphatic heterocycles. The highest BCUT2D eigenvalue weighted by molar-refractivity contribution is 7.99. The van der Waals surface area contributed by atoms with Crippen LogP contribution in [0.5, 0.6) is 5.75 Å². The Morgan fingerprint density at radius 3 is 3.00 bits per heavy atom. The second kappa shape index (κ2) is 8.76. The molecule has 126 valence electrons. The van der Waals surface area contributed by atoms with Crippen molar-refractivity contribution in [1.29, 1.82) is 0 Å². The molecule has 1 unspecified atom stereocenters. The van der Waals surface area contributed by atoms with Gasteiger partial charge in [-0.25, -0.2) is 4.39 Å². The molecule has 1 fully saturated rings. The van der Waals surface area contributed by atoms with Crippen molar-refractivity contribution in [3.63, 3.8) is 0 Å². The lowest BCUT2D eigenvalue weighted by Crippen LogP contribution is -2.47. The number of carbonyl (C=O) groups excluding carboxylic acids is 1. The Labute approximate surface area is 138 Å². The van der Waals surface area contributed by atoms with Crippen molar-refractivity contribution < 1.29 is 23.8 Å². The number of ether oxygens (including phenoxy) is 1. The maximum absolute atomic E-state index is 13.0. The highest BCUT2D eigenvalue weighted by Crippen LogP contribution is 2.20. The number of aliphatic carboxylic acids is 1. The predicted octanol–water partition coefficient (Wildman–Crippen LogP) is 2.40. The van der Waals surface area contributed by atoms with E-state index in [0.29, 0.717) is 37.5 Å². The number of amides is 1. The van der Waals surface area contributed by atoms with Gasteiger partial charge < -0.3 is 14.7 Å². The van der Waals surface area contributed by atoms with Crippen LogP contribution in [-0.2, 0) is 9.59 Å². The van der Waals surface area contributed by atoms with Gasteiger partial charge in [-0.05, 0) is 18.6 Å². The van der Waals surface area contributed by atoms with Crippen molar-refractivity contribution in [3.05, 3.63) is 30.1 Å². The molecule has 1 saturated heterocycles. The summed E-state index contributed by atoms with van der Waals surface area (Å²) in [5.41, 5.74) is 0. The third-order valence-corrected chi connectivity index (χ3v) is 4.65. The minimum absolute atomic E-state index is 0.0153. The number of benzene rings is 1. The van der Waals surface area contributed by atoms with Crippen molar-refractivity contribution in [2.75, 3.05) is 24.7 Å². The van der Waals surface area contributed by atoms with Gasteiger partial charge in [-0.15, -0.1) is 0 Å². The summed E-state index contributed by atoms with van der Waals surface area (Å²) in [6.07, 6.45) is 0.799. The molecule has 1 aromatic rings. The van der Waals surface area contributed by atoms with Crippen LogP contribution in [0.2, 0.25) is 0 Å². The van der Waals surface area contributed by atoms with Crippen LogP contribution in [-0.4, -0.2) is 52.6 Å². The maximum Gasteiger partial charge on any atom is 0.305 e. The quantitative estimate of drug-likeness (QED) is 0.772. The van der Waals surface area contributed by atoms with Gasteiger partial charge >= 0.3 is 5.97 Å². The topological polar surface area (TPSA) is 66.8 Å². The number of rotatable bonds is 7. The predicted molar refractivity (Wildman–Crippen MR) is 86.2 cm³/mol. The van der Waals surface area contributed by atoms with Crippen LogP contribution in [0.4, 0.5) is 4.39 Å². The molecule has 0 saturated carbocycles. The van der Waals surface area contributed by atoms with Crippen LogP contribution in [0.15, 0.2) is 24.3 Å². The summed E-state index contributed by atoms with van der Waals surface area (Å²) in [6.45, 7) is 0.910. The Bertz CT molecular complexity index is 555. The van der Waals surface area contributed by atoms with Gasteiger partial charge in [-0.2, -0.15) is 11.8 Å². The summed E-state index contributed by atoms with van der Waals surface area (Å²) in [4.78, 5) is 24.8. The molecule has 0 spiro atoms. The lowest BCUT2D eigenvalue weighted by molar-refractivity contribution is -0.140. The molecular weight excluding hydrogens is 321 g/mol. The Hall–Kier alpha value is -1.76. The van der Waals surface area contributed by atoms with Crippen LogP contribution in [0.1, 0.15) is 19.3 Å². The zero-order chi connectivity index (χ0) is 16.7. The highest BCUT2D eigenvalue weighted by atomic mass is 32.2. The Morgan fingerprint density at radius 2 is 2.26 bits per heavy atom.